The van der Waals surface area contributed by atoms with Crippen LogP contribution >= 0.6 is 0 Å². The number of guanidine groups is 1. The third kappa shape index (κ3) is 1.54. The van der Waals surface area contributed by atoms with E-state index >= 15 is 0 Å². The van der Waals surface area contributed by atoms with Gasteiger partial charge in [0.25, 0.3) is 0 Å². The molecule has 2 N–H and O–H groups in total. The van der Waals surface area contributed by atoms with E-state index in [1.165, 1.54) is 12.1 Å². The molecule has 1 aliphatic heterocycles. The van der Waals surface area contributed by atoms with E-state index in [9.17, 15) is 4.39 Å². The van der Waals surface area contributed by atoms with Crippen molar-refractivity contribution in [3.05, 3.63) is 35.6 Å². The molecule has 3 nitrogen and oxygen atoms in total. The van der Waals surface area contributed by atoms with E-state index in [1.807, 2.05) is 11.8 Å². The van der Waals surface area contributed by atoms with Gasteiger partial charge in [0.05, 0.1) is 12.1 Å². The Bertz CT molecular complexity index is 413. The number of nitrogens with two attached hydrogens (primary N) is 1. The van der Waals surface area contributed by atoms with Crippen molar-refractivity contribution >= 4 is 5.96 Å². The zero-order chi connectivity index (χ0) is 11.8. The lowest BCUT2D eigenvalue weighted by molar-refractivity contribution is 0.234. The highest BCUT2D eigenvalue weighted by molar-refractivity contribution is 5.81. The van der Waals surface area contributed by atoms with Crippen LogP contribution < -0.4 is 5.73 Å². The fourth-order valence-electron chi connectivity index (χ4n) is 2.23. The molecule has 0 amide bonds. The number of benzene rings is 1. The topological polar surface area (TPSA) is 41.6 Å². The van der Waals surface area contributed by atoms with Gasteiger partial charge >= 0.3 is 0 Å². The molecule has 2 rings (SSSR count). The summed E-state index contributed by atoms with van der Waals surface area (Å²) in [5, 5.41) is 0. The van der Waals surface area contributed by atoms with Crippen molar-refractivity contribution in [3.63, 3.8) is 0 Å². The SMILES string of the molecule is CCN1C(N)=NCC1(C)c1ccc(F)cc1. The highest BCUT2D eigenvalue weighted by atomic mass is 19.1. The fourth-order valence-corrected chi connectivity index (χ4v) is 2.23. The monoisotopic (exact) mass is 221 g/mol. The quantitative estimate of drug-likeness (QED) is 0.825. The van der Waals surface area contributed by atoms with Crippen LogP contribution in [0.15, 0.2) is 29.3 Å². The van der Waals surface area contributed by atoms with Crippen molar-refractivity contribution in [1.29, 1.82) is 0 Å². The Kier molecular flexibility index (Phi) is 2.58. The van der Waals surface area contributed by atoms with Crippen LogP contribution in [0.4, 0.5) is 4.39 Å². The van der Waals surface area contributed by atoms with Crippen molar-refractivity contribution < 1.29 is 4.39 Å². The zero-order valence-electron chi connectivity index (χ0n) is 9.57. The maximum absolute atomic E-state index is 12.9. The van der Waals surface area contributed by atoms with Crippen molar-refractivity contribution in [2.75, 3.05) is 13.1 Å². The molecule has 4 heteroatoms. The summed E-state index contributed by atoms with van der Waals surface area (Å²) >= 11 is 0. The van der Waals surface area contributed by atoms with Crippen LogP contribution in [0, 0.1) is 5.82 Å². The Balaban J connectivity index is 2.36. The molecule has 0 saturated heterocycles. The highest BCUT2D eigenvalue weighted by Gasteiger charge is 2.38. The predicted molar refractivity (Wildman–Crippen MR) is 62.6 cm³/mol. The molecule has 1 aromatic carbocycles. The van der Waals surface area contributed by atoms with E-state index in [0.717, 1.165) is 12.1 Å². The first-order valence-corrected chi connectivity index (χ1v) is 5.41. The van der Waals surface area contributed by atoms with Crippen molar-refractivity contribution in [3.8, 4) is 0 Å². The fraction of sp³-hybridized carbons (Fsp3) is 0.417. The molecule has 0 fully saturated rings. The molecule has 0 radical (unpaired) electrons. The van der Waals surface area contributed by atoms with E-state index in [1.54, 1.807) is 12.1 Å². The Labute approximate surface area is 94.8 Å². The van der Waals surface area contributed by atoms with E-state index in [0.29, 0.717) is 12.5 Å². The lowest BCUT2D eigenvalue weighted by Crippen LogP contribution is -2.47. The molecule has 1 aromatic rings. The number of aliphatic imine (C=N–C) groups is 1. The molecular formula is C12H16FN3. The van der Waals surface area contributed by atoms with Gasteiger partial charge in [-0.3, -0.25) is 4.99 Å². The molecule has 16 heavy (non-hydrogen) atoms. The largest absolute Gasteiger partial charge is 0.370 e. The van der Waals surface area contributed by atoms with Crippen LogP contribution in [0.1, 0.15) is 19.4 Å². The van der Waals surface area contributed by atoms with Gasteiger partial charge in [-0.05, 0) is 31.5 Å². The Hall–Kier alpha value is -1.58. The number of halogens is 1. The normalized spacial score (nSPS) is 24.7. The number of hydrogen-bond acceptors (Lipinski definition) is 3. The first-order chi connectivity index (χ1) is 7.58. The van der Waals surface area contributed by atoms with Gasteiger partial charge in [0.1, 0.15) is 5.82 Å². The second-order valence-electron chi connectivity index (χ2n) is 4.20. The molecule has 0 bridgehead atoms. The maximum atomic E-state index is 12.9. The second-order valence-corrected chi connectivity index (χ2v) is 4.20. The van der Waals surface area contributed by atoms with Gasteiger partial charge < -0.3 is 10.6 Å². The van der Waals surface area contributed by atoms with Gasteiger partial charge in [0.15, 0.2) is 5.96 Å². The van der Waals surface area contributed by atoms with Crippen LogP contribution in [-0.2, 0) is 5.54 Å². The van der Waals surface area contributed by atoms with Crippen LogP contribution in [0.5, 0.6) is 0 Å². The number of hydrogen-bond donors (Lipinski definition) is 1. The third-order valence-corrected chi connectivity index (χ3v) is 3.20. The Morgan fingerprint density at radius 2 is 2.06 bits per heavy atom. The minimum atomic E-state index is -0.244. The lowest BCUT2D eigenvalue weighted by atomic mass is 9.91. The average Bonchev–Trinajstić information content (AvgIpc) is 2.56. The number of likely N-dealkylation sites (N-methyl/N-ethyl adjacent to an activating group) is 1. The van der Waals surface area contributed by atoms with E-state index in [4.69, 9.17) is 5.73 Å². The van der Waals surface area contributed by atoms with Gasteiger partial charge in [0.2, 0.25) is 0 Å². The van der Waals surface area contributed by atoms with Crippen LogP contribution in [0.25, 0.3) is 0 Å². The molecule has 0 saturated carbocycles. The first kappa shape index (κ1) is 10.9. The van der Waals surface area contributed by atoms with Gasteiger partial charge in [-0.15, -0.1) is 0 Å². The van der Waals surface area contributed by atoms with Gasteiger partial charge in [0, 0.05) is 6.54 Å². The molecule has 0 aromatic heterocycles. The van der Waals surface area contributed by atoms with Crippen LogP contribution in [0.2, 0.25) is 0 Å². The van der Waals surface area contributed by atoms with Crippen molar-refractivity contribution in [2.45, 2.75) is 19.4 Å². The smallest absolute Gasteiger partial charge is 0.192 e. The van der Waals surface area contributed by atoms with E-state index < -0.39 is 0 Å². The predicted octanol–water partition coefficient (Wildman–Crippen LogP) is 1.69. The second kappa shape index (κ2) is 3.77. The van der Waals surface area contributed by atoms with Gasteiger partial charge in [-0.25, -0.2) is 4.39 Å². The molecule has 86 valence electrons. The minimum Gasteiger partial charge on any atom is -0.370 e. The number of nitrogens with zero attached hydrogens (tertiary/aromatic N) is 2. The summed E-state index contributed by atoms with van der Waals surface area (Å²) in [4.78, 5) is 6.31. The van der Waals surface area contributed by atoms with Crippen LogP contribution in [0.3, 0.4) is 0 Å². The standard InChI is InChI=1S/C12H16FN3/c1-3-16-11(14)15-8-12(16,2)9-4-6-10(13)7-5-9/h4-7H,3,8H2,1-2H3,(H2,14,15). The summed E-state index contributed by atoms with van der Waals surface area (Å²) in [5.41, 5.74) is 6.63. The minimum absolute atomic E-state index is 0.220. The Morgan fingerprint density at radius 3 is 2.62 bits per heavy atom. The summed E-state index contributed by atoms with van der Waals surface area (Å²) in [6.07, 6.45) is 0. The summed E-state index contributed by atoms with van der Waals surface area (Å²) < 4.78 is 12.9. The van der Waals surface area contributed by atoms with Gasteiger partial charge in [-0.1, -0.05) is 12.1 Å². The molecule has 0 aliphatic carbocycles. The molecule has 1 unspecified atom stereocenters. The average molecular weight is 221 g/mol. The first-order valence-electron chi connectivity index (χ1n) is 5.41. The zero-order valence-corrected chi connectivity index (χ0v) is 9.57. The van der Waals surface area contributed by atoms with Crippen molar-refractivity contribution in [1.82, 2.24) is 4.90 Å². The van der Waals surface area contributed by atoms with Crippen molar-refractivity contribution in [2.24, 2.45) is 10.7 Å². The lowest BCUT2D eigenvalue weighted by Gasteiger charge is -2.35. The summed E-state index contributed by atoms with van der Waals surface area (Å²) in [6, 6.07) is 6.55. The van der Waals surface area contributed by atoms with Gasteiger partial charge in [-0.2, -0.15) is 0 Å². The van der Waals surface area contributed by atoms with Crippen LogP contribution in [-0.4, -0.2) is 23.9 Å². The third-order valence-electron chi connectivity index (χ3n) is 3.20. The molecular weight excluding hydrogens is 205 g/mol. The Morgan fingerprint density at radius 1 is 1.44 bits per heavy atom. The maximum Gasteiger partial charge on any atom is 0.192 e. The van der Waals surface area contributed by atoms with E-state index in [-0.39, 0.29) is 11.4 Å². The molecule has 1 heterocycles. The molecule has 1 atom stereocenters. The number of rotatable bonds is 2. The molecule has 1 aliphatic rings. The summed E-state index contributed by atoms with van der Waals surface area (Å²) in [6.45, 7) is 5.53. The summed E-state index contributed by atoms with van der Waals surface area (Å²) in [7, 11) is 0. The van der Waals surface area contributed by atoms with E-state index in [2.05, 4.69) is 11.9 Å². The molecule has 0 spiro atoms. The highest BCUT2D eigenvalue weighted by Crippen LogP contribution is 2.32. The summed E-state index contributed by atoms with van der Waals surface area (Å²) in [5.74, 6) is 0.344.